The molecule has 0 bridgehead atoms. The van der Waals surface area contributed by atoms with Crippen molar-refractivity contribution in [2.24, 2.45) is 0 Å². The zero-order valence-corrected chi connectivity index (χ0v) is 44.4. The van der Waals surface area contributed by atoms with Gasteiger partial charge in [0, 0.05) is 6.42 Å². The van der Waals surface area contributed by atoms with E-state index >= 15 is 0 Å². The first-order valence-electron chi connectivity index (χ1n) is 29.8. The molecule has 0 saturated carbocycles. The normalized spacial score (nSPS) is 13.0. The van der Waals surface area contributed by atoms with Crippen molar-refractivity contribution in [1.82, 2.24) is 5.32 Å². The Hall–Kier alpha value is -1.14. The largest absolute Gasteiger partial charge is 0.462 e. The van der Waals surface area contributed by atoms with Crippen molar-refractivity contribution in [3.8, 4) is 0 Å². The summed E-state index contributed by atoms with van der Waals surface area (Å²) in [6.45, 7) is 6.54. The molecule has 6 nitrogen and oxygen atoms in total. The average Bonchev–Trinajstić information content (AvgIpc) is 3.30. The predicted molar refractivity (Wildman–Crippen MR) is 283 cm³/mol. The van der Waals surface area contributed by atoms with Gasteiger partial charge in [0.25, 0.3) is 0 Å². The van der Waals surface area contributed by atoms with Gasteiger partial charge in [-0.3, -0.25) is 9.59 Å². The number of rotatable bonds is 55. The molecule has 65 heavy (non-hydrogen) atoms. The molecule has 0 saturated heterocycles. The van der Waals surface area contributed by atoms with Crippen LogP contribution in [0.25, 0.3) is 0 Å². The van der Waals surface area contributed by atoms with Crippen LogP contribution >= 0.6 is 0 Å². The molecule has 0 aromatic carbocycles. The Morgan fingerprint density at radius 2 is 0.646 bits per heavy atom. The van der Waals surface area contributed by atoms with E-state index in [1.54, 1.807) is 0 Å². The van der Waals surface area contributed by atoms with E-state index in [4.69, 9.17) is 4.74 Å². The number of carbonyl (C=O) groups excluding carboxylic acids is 2. The lowest BCUT2D eigenvalue weighted by molar-refractivity contribution is -0.151. The van der Waals surface area contributed by atoms with Gasteiger partial charge in [-0.25, -0.2) is 0 Å². The van der Waals surface area contributed by atoms with Crippen LogP contribution in [0.4, 0.5) is 0 Å². The number of hydrogen-bond donors (Lipinski definition) is 3. The topological polar surface area (TPSA) is 95.9 Å². The van der Waals surface area contributed by atoms with Gasteiger partial charge in [0.1, 0.15) is 6.10 Å². The van der Waals surface area contributed by atoms with Crippen molar-refractivity contribution in [2.45, 2.75) is 360 Å². The Kier molecular flexibility index (Phi) is 52.9. The molecule has 0 fully saturated rings. The highest BCUT2D eigenvalue weighted by Gasteiger charge is 2.24. The maximum atomic E-state index is 13.3. The van der Waals surface area contributed by atoms with Gasteiger partial charge >= 0.3 is 5.97 Å². The minimum absolute atomic E-state index is 0.0887. The highest BCUT2D eigenvalue weighted by atomic mass is 16.5. The molecular formula is C59H117NO5. The molecule has 0 aromatic rings. The van der Waals surface area contributed by atoms with E-state index in [0.717, 1.165) is 38.5 Å². The van der Waals surface area contributed by atoms with E-state index < -0.39 is 18.2 Å². The molecule has 0 spiro atoms. The second-order valence-corrected chi connectivity index (χ2v) is 20.8. The first kappa shape index (κ1) is 63.9. The molecular weight excluding hydrogens is 803 g/mol. The summed E-state index contributed by atoms with van der Waals surface area (Å²) < 4.78 is 5.98. The molecule has 0 radical (unpaired) electrons. The van der Waals surface area contributed by atoms with Crippen molar-refractivity contribution in [1.29, 1.82) is 0 Å². The van der Waals surface area contributed by atoms with E-state index in [2.05, 4.69) is 26.1 Å². The summed E-state index contributed by atoms with van der Waals surface area (Å²) in [7, 11) is 0. The van der Waals surface area contributed by atoms with Gasteiger partial charge in [0.2, 0.25) is 5.91 Å². The maximum Gasteiger partial charge on any atom is 0.306 e. The molecule has 0 aromatic heterocycles. The molecule has 3 N–H and O–H groups in total. The van der Waals surface area contributed by atoms with Crippen LogP contribution < -0.4 is 5.32 Å². The Bertz CT molecular complexity index is 944. The first-order chi connectivity index (χ1) is 32.0. The lowest BCUT2D eigenvalue weighted by atomic mass is 10.0. The fourth-order valence-corrected chi connectivity index (χ4v) is 9.67. The van der Waals surface area contributed by atoms with E-state index in [1.165, 1.54) is 257 Å². The fourth-order valence-electron chi connectivity index (χ4n) is 9.67. The molecule has 0 aliphatic carbocycles. The lowest BCUT2D eigenvalue weighted by Crippen LogP contribution is -2.46. The van der Waals surface area contributed by atoms with Gasteiger partial charge in [0.15, 0.2) is 0 Å². The van der Waals surface area contributed by atoms with E-state index in [0.29, 0.717) is 19.3 Å². The molecule has 0 heterocycles. The first-order valence-corrected chi connectivity index (χ1v) is 29.8. The van der Waals surface area contributed by atoms with Crippen LogP contribution in [0.1, 0.15) is 342 Å². The monoisotopic (exact) mass is 920 g/mol. The molecule has 3 atom stereocenters. The van der Waals surface area contributed by atoms with E-state index in [1.807, 2.05) is 0 Å². The van der Waals surface area contributed by atoms with Gasteiger partial charge in [0.05, 0.1) is 25.2 Å². The number of hydrogen-bond acceptors (Lipinski definition) is 5. The summed E-state index contributed by atoms with van der Waals surface area (Å²) in [5.41, 5.74) is 0. The molecule has 0 rings (SSSR count). The number of ether oxygens (including phenoxy) is 1. The third-order valence-corrected chi connectivity index (χ3v) is 14.2. The van der Waals surface area contributed by atoms with E-state index in [-0.39, 0.29) is 24.9 Å². The number of aliphatic hydroxyl groups excluding tert-OH is 2. The number of aliphatic hydroxyl groups is 2. The Morgan fingerprint density at radius 1 is 0.385 bits per heavy atom. The summed E-state index contributed by atoms with van der Waals surface area (Å²) in [6.07, 6.45) is 60.3. The van der Waals surface area contributed by atoms with Crippen molar-refractivity contribution in [3.63, 3.8) is 0 Å². The Balaban J connectivity index is 4.45. The van der Waals surface area contributed by atoms with Crippen LogP contribution in [0.2, 0.25) is 0 Å². The number of esters is 1. The maximum absolute atomic E-state index is 13.3. The van der Waals surface area contributed by atoms with Crippen LogP contribution in [0.3, 0.4) is 0 Å². The fraction of sp³-hybridized carbons (Fsp3) is 0.966. The standard InChI is InChI=1S/C59H117NO5/c1-4-7-10-13-16-19-22-25-27-28-29-30-32-34-37-40-43-46-49-52-59(64)65-55(50-47-44-41-38-35-33-31-26-23-20-17-14-11-8-5-2)53-58(63)60-56(54-61)57(62)51-48-45-42-39-36-24-21-18-15-12-9-6-3/h55-57,61-62H,4-54H2,1-3H3,(H,60,63). The highest BCUT2D eigenvalue weighted by Crippen LogP contribution is 2.20. The third kappa shape index (κ3) is 49.1. The number of amides is 1. The number of nitrogens with one attached hydrogen (secondary N) is 1. The predicted octanol–water partition coefficient (Wildman–Crippen LogP) is 18.3. The SMILES string of the molecule is CCCCCCCCCCCCCCCCCCCCCC(=O)OC(CCCCCCCCCCCCCCCCC)CC(=O)NC(CO)C(O)CCCCCCCCCCCCCC. The van der Waals surface area contributed by atoms with Crippen LogP contribution in [-0.2, 0) is 14.3 Å². The highest BCUT2D eigenvalue weighted by molar-refractivity contribution is 5.77. The Labute approximate surface area is 406 Å². The van der Waals surface area contributed by atoms with Gasteiger partial charge in [-0.1, -0.05) is 303 Å². The van der Waals surface area contributed by atoms with Crippen LogP contribution in [0.5, 0.6) is 0 Å². The summed E-state index contributed by atoms with van der Waals surface area (Å²) in [5.74, 6) is -0.443. The molecule has 6 heteroatoms. The minimum atomic E-state index is -0.780. The quantitative estimate of drug-likeness (QED) is 0.0417. The van der Waals surface area contributed by atoms with Crippen molar-refractivity contribution >= 4 is 11.9 Å². The van der Waals surface area contributed by atoms with Gasteiger partial charge in [-0.2, -0.15) is 0 Å². The summed E-state index contributed by atoms with van der Waals surface area (Å²) in [6, 6.07) is -0.693. The zero-order valence-electron chi connectivity index (χ0n) is 44.4. The molecule has 1 amide bonds. The van der Waals surface area contributed by atoms with Gasteiger partial charge in [-0.05, 0) is 25.7 Å². The second-order valence-electron chi connectivity index (χ2n) is 20.8. The van der Waals surface area contributed by atoms with Crippen LogP contribution in [0, 0.1) is 0 Å². The smallest absolute Gasteiger partial charge is 0.306 e. The van der Waals surface area contributed by atoms with E-state index in [9.17, 15) is 19.8 Å². The number of carbonyl (C=O) groups is 2. The second kappa shape index (κ2) is 53.8. The Morgan fingerprint density at radius 3 is 0.938 bits per heavy atom. The lowest BCUT2D eigenvalue weighted by Gasteiger charge is -2.24. The average molecular weight is 921 g/mol. The van der Waals surface area contributed by atoms with Crippen LogP contribution in [-0.4, -0.2) is 46.9 Å². The summed E-state index contributed by atoms with van der Waals surface area (Å²) >= 11 is 0. The molecule has 0 aliphatic heterocycles. The van der Waals surface area contributed by atoms with Crippen molar-refractivity contribution in [3.05, 3.63) is 0 Å². The van der Waals surface area contributed by atoms with Gasteiger partial charge < -0.3 is 20.3 Å². The number of unbranched alkanes of at least 4 members (excludes halogenated alkanes) is 43. The molecule has 388 valence electrons. The van der Waals surface area contributed by atoms with Crippen molar-refractivity contribution in [2.75, 3.05) is 6.61 Å². The third-order valence-electron chi connectivity index (χ3n) is 14.2. The summed E-state index contributed by atoms with van der Waals surface area (Å²) in [4.78, 5) is 26.3. The van der Waals surface area contributed by atoms with Gasteiger partial charge in [-0.15, -0.1) is 0 Å². The molecule has 3 unspecified atom stereocenters. The summed E-state index contributed by atoms with van der Waals surface area (Å²) in [5, 5.41) is 23.9. The molecule has 0 aliphatic rings. The minimum Gasteiger partial charge on any atom is -0.462 e. The van der Waals surface area contributed by atoms with Crippen LogP contribution in [0.15, 0.2) is 0 Å². The zero-order chi connectivity index (χ0) is 47.4. The van der Waals surface area contributed by atoms with Crippen molar-refractivity contribution < 1.29 is 24.5 Å².